The molecule has 0 aromatic heterocycles. The van der Waals surface area contributed by atoms with Gasteiger partial charge in [-0.3, -0.25) is 14.4 Å². The molecule has 37 heavy (non-hydrogen) atoms. The fourth-order valence-corrected chi connectivity index (χ4v) is 5.16. The fraction of sp³-hybridized carbons (Fsp3) is 0.214. The van der Waals surface area contributed by atoms with Crippen LogP contribution >= 0.6 is 11.8 Å². The molecular weight excluding hydrogens is 492 g/mol. The molecule has 1 saturated heterocycles. The number of aliphatic carboxylic acids is 1. The van der Waals surface area contributed by atoms with Crippen LogP contribution in [0, 0.1) is 0 Å². The molecule has 0 aliphatic carbocycles. The number of ether oxygens (including phenoxy) is 1. The minimum atomic E-state index is -1.29. The lowest BCUT2D eigenvalue weighted by molar-refractivity contribution is -0.161. The summed E-state index contributed by atoms with van der Waals surface area (Å²) in [7, 11) is 0. The highest BCUT2D eigenvalue weighted by atomic mass is 32.2. The van der Waals surface area contributed by atoms with Gasteiger partial charge in [-0.2, -0.15) is 0 Å². The Balaban J connectivity index is 1.51. The number of carboxylic acids is 1. The zero-order valence-corrected chi connectivity index (χ0v) is 20.9. The molecule has 1 fully saturated rings. The van der Waals surface area contributed by atoms with Gasteiger partial charge in [0.05, 0.1) is 5.75 Å². The van der Waals surface area contributed by atoms with Crippen LogP contribution in [0.5, 0.6) is 5.75 Å². The van der Waals surface area contributed by atoms with Crippen molar-refractivity contribution in [3.63, 3.8) is 0 Å². The minimum Gasteiger partial charge on any atom is -0.489 e. The molecule has 3 unspecified atom stereocenters. The molecule has 3 aromatic carbocycles. The molecule has 1 aliphatic heterocycles. The van der Waals surface area contributed by atoms with Crippen LogP contribution in [0.4, 0.5) is 0 Å². The maximum Gasteiger partial charge on any atom is 0.331 e. The molecule has 0 radical (unpaired) electrons. The number of carbonyl (C=O) groups excluding carboxylic acids is 3. The number of ketones is 1. The number of carbonyl (C=O) groups is 4. The van der Waals surface area contributed by atoms with E-state index in [1.807, 2.05) is 30.3 Å². The van der Waals surface area contributed by atoms with Crippen LogP contribution in [0.15, 0.2) is 84.9 Å². The molecule has 1 aliphatic rings. The van der Waals surface area contributed by atoms with E-state index in [0.29, 0.717) is 23.5 Å². The summed E-state index contributed by atoms with van der Waals surface area (Å²) >= 11 is 1.13. The molecule has 1 heterocycles. The van der Waals surface area contributed by atoms with E-state index in [4.69, 9.17) is 4.74 Å². The lowest BCUT2D eigenvalue weighted by Crippen LogP contribution is -2.70. The third-order valence-corrected chi connectivity index (χ3v) is 7.23. The van der Waals surface area contributed by atoms with E-state index >= 15 is 0 Å². The maximum absolute atomic E-state index is 13.2. The predicted octanol–water partition coefficient (Wildman–Crippen LogP) is 3.68. The standard InChI is InChI=1S/C28H26N2O6S/c1-18(31)17-37-27-23(29-25(32)21-10-6-3-7-11-21)26(33)30(27)24(28(34)35)20-12-14-22(15-13-20)36-16-19-8-4-2-5-9-19/h2-15,23-24,27H,16-17H2,1H3,(H,29,32)(H,34,35). The van der Waals surface area contributed by atoms with Gasteiger partial charge in [0.2, 0.25) is 5.91 Å². The largest absolute Gasteiger partial charge is 0.489 e. The first-order chi connectivity index (χ1) is 17.8. The Labute approximate surface area is 218 Å². The van der Waals surface area contributed by atoms with Crippen molar-refractivity contribution in [2.45, 2.75) is 31.0 Å². The number of benzene rings is 3. The van der Waals surface area contributed by atoms with Crippen LogP contribution in [0.25, 0.3) is 0 Å². The van der Waals surface area contributed by atoms with Gasteiger partial charge in [-0.05, 0) is 42.3 Å². The van der Waals surface area contributed by atoms with Crippen LogP contribution < -0.4 is 10.1 Å². The van der Waals surface area contributed by atoms with Crippen LogP contribution in [0.3, 0.4) is 0 Å². The summed E-state index contributed by atoms with van der Waals surface area (Å²) in [6, 6.07) is 22.3. The Hall–Kier alpha value is -4.11. The molecule has 0 bridgehead atoms. The molecule has 4 rings (SSSR count). The summed E-state index contributed by atoms with van der Waals surface area (Å²) in [5.74, 6) is -1.68. The molecule has 3 aromatic rings. The first-order valence-corrected chi connectivity index (χ1v) is 12.7. The number of thioether (sulfide) groups is 1. The number of Topliss-reactive ketones (excluding diaryl/α,β-unsaturated/α-hetero) is 1. The first-order valence-electron chi connectivity index (χ1n) is 11.6. The van der Waals surface area contributed by atoms with Crippen LogP contribution in [0.2, 0.25) is 0 Å². The van der Waals surface area contributed by atoms with Gasteiger partial charge >= 0.3 is 5.97 Å². The van der Waals surface area contributed by atoms with Gasteiger partial charge in [-0.15, -0.1) is 11.8 Å². The third kappa shape index (κ3) is 6.18. The minimum absolute atomic E-state index is 0.0742. The Bertz CT molecular complexity index is 1270. The van der Waals surface area contributed by atoms with Gasteiger partial charge in [0.25, 0.3) is 5.91 Å². The topological polar surface area (TPSA) is 113 Å². The van der Waals surface area contributed by atoms with Crippen molar-refractivity contribution in [3.05, 3.63) is 102 Å². The Morgan fingerprint density at radius 3 is 2.19 bits per heavy atom. The van der Waals surface area contributed by atoms with Crippen LogP contribution in [0.1, 0.15) is 34.5 Å². The molecule has 9 heteroatoms. The Morgan fingerprint density at radius 1 is 0.973 bits per heavy atom. The quantitative estimate of drug-likeness (QED) is 0.372. The fourth-order valence-electron chi connectivity index (χ4n) is 4.00. The predicted molar refractivity (Wildman–Crippen MR) is 139 cm³/mol. The zero-order valence-electron chi connectivity index (χ0n) is 20.1. The number of hydrogen-bond donors (Lipinski definition) is 2. The number of nitrogens with one attached hydrogen (secondary N) is 1. The number of amides is 2. The van der Waals surface area contributed by atoms with Gasteiger partial charge in [-0.1, -0.05) is 60.7 Å². The Kier molecular flexibility index (Phi) is 8.25. The van der Waals surface area contributed by atoms with E-state index in [9.17, 15) is 24.3 Å². The smallest absolute Gasteiger partial charge is 0.331 e. The summed E-state index contributed by atoms with van der Waals surface area (Å²) in [4.78, 5) is 51.0. The van der Waals surface area contributed by atoms with E-state index in [1.165, 1.54) is 11.8 Å². The molecular formula is C28H26N2O6S. The van der Waals surface area contributed by atoms with Gasteiger partial charge < -0.3 is 20.1 Å². The highest BCUT2D eigenvalue weighted by molar-refractivity contribution is 8.00. The molecule has 2 amide bonds. The van der Waals surface area contributed by atoms with E-state index in [-0.39, 0.29) is 11.5 Å². The maximum atomic E-state index is 13.2. The summed E-state index contributed by atoms with van der Waals surface area (Å²) in [6.07, 6.45) is 0. The van der Waals surface area contributed by atoms with Crippen molar-refractivity contribution >= 4 is 35.3 Å². The normalized spacial score (nSPS) is 17.4. The van der Waals surface area contributed by atoms with Crippen molar-refractivity contribution < 1.29 is 29.0 Å². The summed E-state index contributed by atoms with van der Waals surface area (Å²) in [5, 5.41) is 12.0. The molecule has 8 nitrogen and oxygen atoms in total. The second kappa shape index (κ2) is 11.7. The monoisotopic (exact) mass is 518 g/mol. The van der Waals surface area contributed by atoms with Crippen molar-refractivity contribution in [2.75, 3.05) is 5.75 Å². The number of nitrogens with zero attached hydrogens (tertiary/aromatic N) is 1. The SMILES string of the molecule is CC(=O)CSC1C(NC(=O)c2ccccc2)C(=O)N1C(C(=O)O)c1ccc(OCc2ccccc2)cc1. The molecule has 3 atom stereocenters. The van der Waals surface area contributed by atoms with Crippen LogP contribution in [-0.2, 0) is 21.0 Å². The van der Waals surface area contributed by atoms with E-state index in [1.54, 1.807) is 54.6 Å². The summed E-state index contributed by atoms with van der Waals surface area (Å²) in [5.41, 5.74) is 1.76. The highest BCUT2D eigenvalue weighted by Crippen LogP contribution is 2.38. The highest BCUT2D eigenvalue weighted by Gasteiger charge is 2.53. The molecule has 2 N–H and O–H groups in total. The number of carboxylic acid groups (broad SMARTS) is 1. The van der Waals surface area contributed by atoms with Gasteiger partial charge in [0, 0.05) is 5.56 Å². The lowest BCUT2D eigenvalue weighted by atomic mass is 9.97. The average molecular weight is 519 g/mol. The summed E-state index contributed by atoms with van der Waals surface area (Å²) < 4.78 is 5.78. The van der Waals surface area contributed by atoms with Gasteiger partial charge in [-0.25, -0.2) is 4.79 Å². The molecule has 0 spiro atoms. The zero-order chi connectivity index (χ0) is 26.4. The third-order valence-electron chi connectivity index (χ3n) is 5.82. The average Bonchev–Trinajstić information content (AvgIpc) is 2.91. The van der Waals surface area contributed by atoms with Crippen molar-refractivity contribution in [3.8, 4) is 5.75 Å². The van der Waals surface area contributed by atoms with E-state index in [0.717, 1.165) is 17.3 Å². The number of β-lactam (4-membered cyclic amide) rings is 1. The number of likely N-dealkylation sites (tertiary alicyclic amines) is 1. The van der Waals surface area contributed by atoms with Gasteiger partial charge in [0.15, 0.2) is 6.04 Å². The van der Waals surface area contributed by atoms with Crippen LogP contribution in [-0.4, -0.2) is 50.7 Å². The number of hydrogen-bond acceptors (Lipinski definition) is 6. The lowest BCUT2D eigenvalue weighted by Gasteiger charge is -2.49. The van der Waals surface area contributed by atoms with Crippen molar-refractivity contribution in [1.29, 1.82) is 0 Å². The second-order valence-electron chi connectivity index (χ2n) is 8.55. The Morgan fingerprint density at radius 2 is 1.59 bits per heavy atom. The van der Waals surface area contributed by atoms with E-state index in [2.05, 4.69) is 5.32 Å². The summed E-state index contributed by atoms with van der Waals surface area (Å²) in [6.45, 7) is 1.78. The van der Waals surface area contributed by atoms with Crippen molar-refractivity contribution in [2.24, 2.45) is 0 Å². The number of rotatable bonds is 11. The molecule has 0 saturated carbocycles. The molecule has 190 valence electrons. The van der Waals surface area contributed by atoms with Crippen molar-refractivity contribution in [1.82, 2.24) is 10.2 Å². The second-order valence-corrected chi connectivity index (χ2v) is 9.66. The first kappa shape index (κ1) is 26.0. The van der Waals surface area contributed by atoms with E-state index < -0.39 is 35.2 Å². The van der Waals surface area contributed by atoms with Gasteiger partial charge in [0.1, 0.15) is 29.6 Å².